The van der Waals surface area contributed by atoms with Gasteiger partial charge in [-0.3, -0.25) is 19.4 Å². The normalized spacial score (nSPS) is 19.9. The third-order valence-electron chi connectivity index (χ3n) is 4.70. The fourth-order valence-electron chi connectivity index (χ4n) is 3.35. The molecule has 1 fully saturated rings. The summed E-state index contributed by atoms with van der Waals surface area (Å²) in [4.78, 5) is 38.8. The molecule has 3 amide bonds. The van der Waals surface area contributed by atoms with Crippen LogP contribution in [0.25, 0.3) is 0 Å². The van der Waals surface area contributed by atoms with Gasteiger partial charge in [-0.05, 0) is 55.5 Å². The number of hydrogen-bond donors (Lipinski definition) is 1. The molecule has 10 heteroatoms. The van der Waals surface area contributed by atoms with Crippen LogP contribution >= 0.6 is 0 Å². The molecule has 0 aliphatic carbocycles. The highest BCUT2D eigenvalue weighted by molar-refractivity contribution is 6.25. The number of carbonyl (C=O) groups excluding carboxylic acids is 3. The van der Waals surface area contributed by atoms with E-state index in [1.165, 1.54) is 17.1 Å². The second kappa shape index (κ2) is 7.90. The first kappa shape index (κ1) is 19.5. The van der Waals surface area contributed by atoms with Crippen molar-refractivity contribution in [2.75, 3.05) is 23.4 Å². The molecule has 4 rings (SSSR count). The van der Waals surface area contributed by atoms with E-state index in [0.717, 1.165) is 17.0 Å². The number of halogens is 1. The van der Waals surface area contributed by atoms with E-state index in [1.54, 1.807) is 24.3 Å². The van der Waals surface area contributed by atoms with Gasteiger partial charge >= 0.3 is 0 Å². The zero-order chi connectivity index (χ0) is 21.3. The second-order valence-electron chi connectivity index (χ2n) is 6.69. The molecular weight excluding hydrogens is 393 g/mol. The summed E-state index contributed by atoms with van der Waals surface area (Å²) in [5.74, 6) is -1.34. The van der Waals surface area contributed by atoms with Gasteiger partial charge in [0.05, 0.1) is 12.3 Å². The number of imide groups is 1. The summed E-state index contributed by atoms with van der Waals surface area (Å²) >= 11 is 0. The number of anilines is 2. The van der Waals surface area contributed by atoms with Crippen molar-refractivity contribution >= 4 is 29.1 Å². The first-order valence-electron chi connectivity index (χ1n) is 9.31. The molecular formula is C20H18FN5O4. The monoisotopic (exact) mass is 411 g/mol. The maximum absolute atomic E-state index is 13.2. The molecule has 0 aromatic heterocycles. The van der Waals surface area contributed by atoms with Gasteiger partial charge in [-0.2, -0.15) is 5.11 Å². The predicted molar refractivity (Wildman–Crippen MR) is 104 cm³/mol. The van der Waals surface area contributed by atoms with Crippen LogP contribution < -0.4 is 15.0 Å². The minimum Gasteiger partial charge on any atom is -0.494 e. The molecule has 0 unspecified atom stereocenters. The fraction of sp³-hybridized carbons (Fsp3) is 0.250. The fourth-order valence-corrected chi connectivity index (χ4v) is 3.35. The number of carbonyl (C=O) groups is 3. The van der Waals surface area contributed by atoms with Crippen LogP contribution in [0.2, 0.25) is 0 Å². The molecule has 0 bridgehead atoms. The molecule has 0 saturated carbocycles. The van der Waals surface area contributed by atoms with E-state index in [4.69, 9.17) is 4.74 Å². The smallest absolute Gasteiger partial charge is 0.263 e. The van der Waals surface area contributed by atoms with Crippen LogP contribution in [0.4, 0.5) is 15.8 Å². The van der Waals surface area contributed by atoms with Crippen LogP contribution in [-0.2, 0) is 14.4 Å². The molecule has 0 spiro atoms. The number of ether oxygens (including phenoxy) is 1. The summed E-state index contributed by atoms with van der Waals surface area (Å²) in [6.07, 6.45) is 0. The van der Waals surface area contributed by atoms with E-state index in [2.05, 4.69) is 15.7 Å². The van der Waals surface area contributed by atoms with Gasteiger partial charge < -0.3 is 10.1 Å². The molecule has 154 valence electrons. The maximum atomic E-state index is 13.2. The summed E-state index contributed by atoms with van der Waals surface area (Å²) in [6, 6.07) is 9.80. The standard InChI is InChI=1S/C20H18FN5O4/c1-2-30-15-9-5-13(6-10-15)22-16(27)11-25-18-17(23-24-25)19(28)26(20(18)29)14-7-3-12(21)4-8-14/h3-10,17-18H,2,11H2,1H3,(H,22,27)/t17-,18-/m1/s1. The van der Waals surface area contributed by atoms with Crippen molar-refractivity contribution in [2.24, 2.45) is 10.3 Å². The molecule has 2 heterocycles. The average molecular weight is 411 g/mol. The highest BCUT2D eigenvalue weighted by Gasteiger charge is 2.55. The SMILES string of the molecule is CCOc1ccc(NC(=O)CN2N=N[C@H]3C(=O)N(c4ccc(F)cc4)C(=O)[C@@H]32)cc1. The summed E-state index contributed by atoms with van der Waals surface area (Å²) in [7, 11) is 0. The second-order valence-corrected chi connectivity index (χ2v) is 6.69. The van der Waals surface area contributed by atoms with Gasteiger partial charge in [0.1, 0.15) is 18.1 Å². The Labute approximate surface area is 171 Å². The van der Waals surface area contributed by atoms with E-state index in [1.807, 2.05) is 6.92 Å². The molecule has 9 nitrogen and oxygen atoms in total. The number of rotatable bonds is 6. The third-order valence-corrected chi connectivity index (χ3v) is 4.70. The molecule has 1 saturated heterocycles. The molecule has 0 radical (unpaired) electrons. The molecule has 2 aliphatic heterocycles. The van der Waals surface area contributed by atoms with Crippen molar-refractivity contribution in [1.82, 2.24) is 5.01 Å². The topological polar surface area (TPSA) is 104 Å². The van der Waals surface area contributed by atoms with Crippen LogP contribution in [0.3, 0.4) is 0 Å². The number of amides is 3. The average Bonchev–Trinajstić information content (AvgIpc) is 3.24. The zero-order valence-corrected chi connectivity index (χ0v) is 16.0. The third kappa shape index (κ3) is 3.59. The van der Waals surface area contributed by atoms with Crippen LogP contribution in [0.1, 0.15) is 6.92 Å². The van der Waals surface area contributed by atoms with Gasteiger partial charge in [0, 0.05) is 5.69 Å². The lowest BCUT2D eigenvalue weighted by molar-refractivity contribution is -0.123. The lowest BCUT2D eigenvalue weighted by Gasteiger charge is -2.20. The van der Waals surface area contributed by atoms with E-state index in [0.29, 0.717) is 18.0 Å². The number of fused-ring (bicyclic) bond motifs is 1. The van der Waals surface area contributed by atoms with Crippen LogP contribution in [0, 0.1) is 5.82 Å². The number of nitrogens with one attached hydrogen (secondary N) is 1. The van der Waals surface area contributed by atoms with E-state index in [9.17, 15) is 18.8 Å². The first-order chi connectivity index (χ1) is 14.5. The van der Waals surface area contributed by atoms with Crippen LogP contribution in [0.15, 0.2) is 58.9 Å². The minimum atomic E-state index is -1.03. The van der Waals surface area contributed by atoms with Crippen LogP contribution in [-0.4, -0.2) is 48.0 Å². The molecule has 2 aliphatic rings. The van der Waals surface area contributed by atoms with Crippen molar-refractivity contribution in [3.05, 3.63) is 54.3 Å². The van der Waals surface area contributed by atoms with Crippen molar-refractivity contribution in [3.8, 4) is 5.75 Å². The zero-order valence-electron chi connectivity index (χ0n) is 16.0. The number of hydrogen-bond acceptors (Lipinski definition) is 7. The van der Waals surface area contributed by atoms with Crippen LogP contribution in [0.5, 0.6) is 5.75 Å². The van der Waals surface area contributed by atoms with Gasteiger partial charge in [0.25, 0.3) is 11.8 Å². The van der Waals surface area contributed by atoms with Gasteiger partial charge in [-0.1, -0.05) is 5.22 Å². The highest BCUT2D eigenvalue weighted by Crippen LogP contribution is 2.31. The minimum absolute atomic E-state index is 0.245. The van der Waals surface area contributed by atoms with Gasteiger partial charge in [0.15, 0.2) is 12.1 Å². The Morgan fingerprint density at radius 2 is 1.80 bits per heavy atom. The Kier molecular flexibility index (Phi) is 5.13. The summed E-state index contributed by atoms with van der Waals surface area (Å²) < 4.78 is 18.5. The molecule has 2 aromatic rings. The summed E-state index contributed by atoms with van der Waals surface area (Å²) in [6.45, 7) is 2.16. The quantitative estimate of drug-likeness (QED) is 0.734. The number of benzene rings is 2. The Hall–Kier alpha value is -3.82. The molecule has 30 heavy (non-hydrogen) atoms. The predicted octanol–water partition coefficient (Wildman–Crippen LogP) is 2.16. The summed E-state index contributed by atoms with van der Waals surface area (Å²) in [5, 5.41) is 11.6. The van der Waals surface area contributed by atoms with Crippen molar-refractivity contribution in [3.63, 3.8) is 0 Å². The van der Waals surface area contributed by atoms with Gasteiger partial charge in [-0.15, -0.1) is 0 Å². The van der Waals surface area contributed by atoms with E-state index < -0.39 is 35.6 Å². The highest BCUT2D eigenvalue weighted by atomic mass is 19.1. The first-order valence-corrected chi connectivity index (χ1v) is 9.31. The lowest BCUT2D eigenvalue weighted by atomic mass is 10.1. The van der Waals surface area contributed by atoms with Gasteiger partial charge in [-0.25, -0.2) is 9.29 Å². The maximum Gasteiger partial charge on any atom is 0.263 e. The largest absolute Gasteiger partial charge is 0.494 e. The van der Waals surface area contributed by atoms with Crippen molar-refractivity contribution in [1.29, 1.82) is 0 Å². The Balaban J connectivity index is 1.43. The lowest BCUT2D eigenvalue weighted by Crippen LogP contribution is -2.43. The molecule has 1 N–H and O–H groups in total. The molecule has 2 aromatic carbocycles. The van der Waals surface area contributed by atoms with E-state index >= 15 is 0 Å². The number of nitrogens with zero attached hydrogens (tertiary/aromatic N) is 4. The van der Waals surface area contributed by atoms with E-state index in [-0.39, 0.29) is 12.2 Å². The van der Waals surface area contributed by atoms with Crippen molar-refractivity contribution < 1.29 is 23.5 Å². The Morgan fingerprint density at radius 1 is 1.10 bits per heavy atom. The van der Waals surface area contributed by atoms with Crippen molar-refractivity contribution in [2.45, 2.75) is 19.0 Å². The van der Waals surface area contributed by atoms with Gasteiger partial charge in [0.2, 0.25) is 5.91 Å². The summed E-state index contributed by atoms with van der Waals surface area (Å²) in [5.41, 5.74) is 0.799. The molecule has 2 atom stereocenters. The Morgan fingerprint density at radius 3 is 2.47 bits per heavy atom. The Bertz CT molecular complexity index is 1010.